The van der Waals surface area contributed by atoms with Crippen LogP contribution in [-0.2, 0) is 4.79 Å². The second-order valence-electron chi connectivity index (χ2n) is 11.6. The summed E-state index contributed by atoms with van der Waals surface area (Å²) >= 11 is 0. The summed E-state index contributed by atoms with van der Waals surface area (Å²) < 4.78 is 0. The first-order valence-corrected chi connectivity index (χ1v) is 10.8. The van der Waals surface area contributed by atoms with Gasteiger partial charge in [0.1, 0.15) is 6.79 Å². The van der Waals surface area contributed by atoms with Crippen LogP contribution in [0.4, 0.5) is 0 Å². The number of aliphatic hydroxyl groups is 1. The van der Waals surface area contributed by atoms with Crippen molar-refractivity contribution >= 4 is 6.79 Å². The summed E-state index contributed by atoms with van der Waals surface area (Å²) in [6.45, 7) is 35.9. The molecule has 0 heterocycles. The van der Waals surface area contributed by atoms with Crippen molar-refractivity contribution in [1.29, 1.82) is 0 Å². The van der Waals surface area contributed by atoms with Gasteiger partial charge in [-0.3, -0.25) is 9.80 Å². The molecule has 1 atom stereocenters. The molecule has 1 N–H and O–H groups in total. The van der Waals surface area contributed by atoms with Crippen LogP contribution in [0.2, 0.25) is 0 Å². The van der Waals surface area contributed by atoms with E-state index in [0.29, 0.717) is 0 Å². The average Bonchev–Trinajstić information content (AvgIpc) is 2.40. The molecule has 4 nitrogen and oxygen atoms in total. The molecule has 0 spiro atoms. The fourth-order valence-corrected chi connectivity index (χ4v) is 3.97. The summed E-state index contributed by atoms with van der Waals surface area (Å²) in [5.74, 6) is 0. The third-order valence-electron chi connectivity index (χ3n) is 4.49. The Morgan fingerprint density at radius 3 is 0.964 bits per heavy atom. The Hall–Kier alpha value is -0.450. The number of carbonyl (C=O) groups is 1. The standard InChI is InChI=1S/C18H40N2.C5H12O.CH2O/c1-15(2,3)19(16(4,5)6)13-14-20(17(7,8)9)18(10,11)12;1-3-4-5(2)6;1-2/h13-14H2,1-12H3;5-6H,3-4H2,1-2H3;1H2. The van der Waals surface area contributed by atoms with Crippen molar-refractivity contribution in [2.75, 3.05) is 13.1 Å². The molecule has 0 saturated heterocycles. The normalized spacial score (nSPS) is 14.2. The van der Waals surface area contributed by atoms with Gasteiger partial charge < -0.3 is 9.90 Å². The van der Waals surface area contributed by atoms with Gasteiger partial charge >= 0.3 is 0 Å². The first-order valence-electron chi connectivity index (χ1n) is 10.8. The molecule has 0 aromatic heterocycles. The van der Waals surface area contributed by atoms with E-state index in [1.54, 1.807) is 0 Å². The van der Waals surface area contributed by atoms with Crippen molar-refractivity contribution in [3.63, 3.8) is 0 Å². The Balaban J connectivity index is -0.000000660. The van der Waals surface area contributed by atoms with E-state index in [-0.39, 0.29) is 28.3 Å². The largest absolute Gasteiger partial charge is 0.393 e. The smallest absolute Gasteiger partial charge is 0.106 e. The minimum absolute atomic E-state index is 0.102. The lowest BCUT2D eigenvalue weighted by Crippen LogP contribution is -2.59. The number of aliphatic hydroxyl groups excluding tert-OH is 1. The molecule has 4 heteroatoms. The molecule has 0 amide bonds. The highest BCUT2D eigenvalue weighted by Gasteiger charge is 2.35. The van der Waals surface area contributed by atoms with Gasteiger partial charge in [0, 0.05) is 35.2 Å². The molecule has 0 radical (unpaired) electrons. The number of hydrogen-bond acceptors (Lipinski definition) is 4. The number of rotatable bonds is 5. The molecule has 0 saturated carbocycles. The van der Waals surface area contributed by atoms with Gasteiger partial charge in [-0.05, 0) is 96.4 Å². The topological polar surface area (TPSA) is 43.8 Å². The second kappa shape index (κ2) is 13.0. The van der Waals surface area contributed by atoms with E-state index in [0.717, 1.165) is 25.9 Å². The number of hydrogen-bond donors (Lipinski definition) is 1. The molecule has 0 bridgehead atoms. The molecule has 0 aromatic carbocycles. The average molecular weight is 403 g/mol. The van der Waals surface area contributed by atoms with E-state index in [2.05, 4.69) is 99.8 Å². The van der Waals surface area contributed by atoms with Crippen LogP contribution in [0, 0.1) is 0 Å². The molecule has 28 heavy (non-hydrogen) atoms. The Morgan fingerprint density at radius 1 is 0.679 bits per heavy atom. The Bertz CT molecular complexity index is 319. The highest BCUT2D eigenvalue weighted by molar-refractivity contribution is 5.11. The lowest BCUT2D eigenvalue weighted by molar-refractivity contribution is -0.0980. The van der Waals surface area contributed by atoms with Crippen LogP contribution < -0.4 is 0 Å². The summed E-state index contributed by atoms with van der Waals surface area (Å²) in [7, 11) is 0. The van der Waals surface area contributed by atoms with Crippen LogP contribution in [-0.4, -0.2) is 63.0 Å². The molecule has 0 rings (SSSR count). The van der Waals surface area contributed by atoms with Crippen LogP contribution >= 0.6 is 0 Å². The maximum Gasteiger partial charge on any atom is 0.106 e. The number of carbonyl (C=O) groups excluding carboxylic acids is 1. The van der Waals surface area contributed by atoms with Crippen molar-refractivity contribution in [3.8, 4) is 0 Å². The third-order valence-corrected chi connectivity index (χ3v) is 4.49. The monoisotopic (exact) mass is 402 g/mol. The summed E-state index contributed by atoms with van der Waals surface area (Å²) in [5.41, 5.74) is 0.777. The van der Waals surface area contributed by atoms with Gasteiger partial charge in [0.15, 0.2) is 0 Å². The van der Waals surface area contributed by atoms with Crippen molar-refractivity contribution in [2.24, 2.45) is 0 Å². The molecular formula is C24H54N2O2. The molecular weight excluding hydrogens is 348 g/mol. The lowest BCUT2D eigenvalue weighted by atomic mass is 9.93. The van der Waals surface area contributed by atoms with E-state index in [4.69, 9.17) is 9.90 Å². The molecule has 0 aliphatic rings. The predicted octanol–water partition coefficient (Wildman–Crippen LogP) is 5.77. The minimum Gasteiger partial charge on any atom is -0.393 e. The van der Waals surface area contributed by atoms with E-state index < -0.39 is 0 Å². The van der Waals surface area contributed by atoms with Crippen LogP contribution in [0.25, 0.3) is 0 Å². The molecule has 0 aliphatic carbocycles. The fourth-order valence-electron chi connectivity index (χ4n) is 3.97. The van der Waals surface area contributed by atoms with Crippen LogP contribution in [0.15, 0.2) is 0 Å². The molecule has 0 aromatic rings. The van der Waals surface area contributed by atoms with Crippen molar-refractivity contribution in [3.05, 3.63) is 0 Å². The van der Waals surface area contributed by atoms with Gasteiger partial charge in [-0.1, -0.05) is 13.3 Å². The van der Waals surface area contributed by atoms with E-state index in [1.165, 1.54) is 0 Å². The molecule has 0 aliphatic heterocycles. The maximum atomic E-state index is 8.55. The van der Waals surface area contributed by atoms with Gasteiger partial charge in [-0.15, -0.1) is 0 Å². The Morgan fingerprint density at radius 2 is 0.893 bits per heavy atom. The van der Waals surface area contributed by atoms with Crippen LogP contribution in [0.3, 0.4) is 0 Å². The van der Waals surface area contributed by atoms with Crippen molar-refractivity contribution in [2.45, 2.75) is 138 Å². The highest BCUT2D eigenvalue weighted by Crippen LogP contribution is 2.28. The summed E-state index contributed by atoms with van der Waals surface area (Å²) in [6, 6.07) is 0. The van der Waals surface area contributed by atoms with E-state index in [9.17, 15) is 0 Å². The zero-order valence-electron chi connectivity index (χ0n) is 21.9. The summed E-state index contributed by atoms with van der Waals surface area (Å²) in [5, 5.41) is 8.55. The number of nitrogens with zero attached hydrogens (tertiary/aromatic N) is 2. The maximum absolute atomic E-state index is 8.55. The van der Waals surface area contributed by atoms with Crippen molar-refractivity contribution in [1.82, 2.24) is 9.80 Å². The first-order chi connectivity index (χ1) is 12.2. The first kappa shape index (κ1) is 32.2. The third kappa shape index (κ3) is 15.5. The predicted molar refractivity (Wildman–Crippen MR) is 126 cm³/mol. The summed E-state index contributed by atoms with van der Waals surface area (Å²) in [4.78, 5) is 13.2. The minimum atomic E-state index is -0.102. The molecule has 1 unspecified atom stereocenters. The molecule has 172 valence electrons. The van der Waals surface area contributed by atoms with Gasteiger partial charge in [0.25, 0.3) is 0 Å². The Kier molecular flexibility index (Phi) is 14.9. The van der Waals surface area contributed by atoms with Crippen LogP contribution in [0.1, 0.15) is 110 Å². The van der Waals surface area contributed by atoms with Crippen LogP contribution in [0.5, 0.6) is 0 Å². The van der Waals surface area contributed by atoms with Gasteiger partial charge in [0.05, 0.1) is 6.10 Å². The quantitative estimate of drug-likeness (QED) is 0.634. The zero-order valence-corrected chi connectivity index (χ0v) is 21.9. The SMILES string of the molecule is C=O.CC(C)(C)N(CCN(C(C)(C)C)C(C)(C)C)C(C)(C)C.CCCC(C)O. The highest BCUT2D eigenvalue weighted by atomic mass is 16.3. The van der Waals surface area contributed by atoms with E-state index in [1.807, 2.05) is 13.7 Å². The fraction of sp³-hybridized carbons (Fsp3) is 0.958. The summed E-state index contributed by atoms with van der Waals surface area (Å²) in [6.07, 6.45) is 1.91. The van der Waals surface area contributed by atoms with Crippen molar-refractivity contribution < 1.29 is 9.90 Å². The zero-order chi connectivity index (χ0) is 23.6. The van der Waals surface area contributed by atoms with Gasteiger partial charge in [0.2, 0.25) is 0 Å². The lowest BCUT2D eigenvalue weighted by Gasteiger charge is -2.50. The second-order valence-corrected chi connectivity index (χ2v) is 11.6. The Labute approximate surface area is 178 Å². The van der Waals surface area contributed by atoms with E-state index >= 15 is 0 Å². The van der Waals surface area contributed by atoms with Gasteiger partial charge in [-0.2, -0.15) is 0 Å². The van der Waals surface area contributed by atoms with Gasteiger partial charge in [-0.25, -0.2) is 0 Å². The molecule has 0 fully saturated rings.